The molecule has 0 bridgehead atoms. The Hall–Kier alpha value is -4.54. The zero-order valence-electron chi connectivity index (χ0n) is 24.0. The lowest BCUT2D eigenvalue weighted by Crippen LogP contribution is -2.48. The van der Waals surface area contributed by atoms with Gasteiger partial charge < -0.3 is 25.8 Å². The van der Waals surface area contributed by atoms with Crippen LogP contribution in [0.4, 0.5) is 21.5 Å². The van der Waals surface area contributed by atoms with Crippen LogP contribution in [0.5, 0.6) is 0 Å². The van der Waals surface area contributed by atoms with E-state index in [1.54, 1.807) is 25.1 Å². The average Bonchev–Trinajstić information content (AvgIpc) is 3.31. The first kappa shape index (κ1) is 29.0. The summed E-state index contributed by atoms with van der Waals surface area (Å²) in [5.41, 5.74) is 4.93. The number of benzene rings is 3. The van der Waals surface area contributed by atoms with Crippen LogP contribution in [-0.4, -0.2) is 81.4 Å². The van der Waals surface area contributed by atoms with Gasteiger partial charge in [0.2, 0.25) is 11.8 Å². The maximum absolute atomic E-state index is 13.9. The molecule has 1 fully saturated rings. The molecule has 3 aromatic rings. The van der Waals surface area contributed by atoms with Gasteiger partial charge in [0, 0.05) is 57.2 Å². The average molecular weight is 571 g/mol. The summed E-state index contributed by atoms with van der Waals surface area (Å²) in [7, 11) is 5.45. The molecule has 0 aliphatic carbocycles. The monoisotopic (exact) mass is 570 g/mol. The minimum Gasteiger partial charge on any atom is -0.359 e. The summed E-state index contributed by atoms with van der Waals surface area (Å²) in [4.78, 5) is 44.0. The topological polar surface area (TPSA) is 97.0 Å². The molecule has 9 nitrogen and oxygen atoms in total. The lowest BCUT2D eigenvalue weighted by molar-refractivity contribution is -0.120. The first-order valence-corrected chi connectivity index (χ1v) is 13.9. The van der Waals surface area contributed by atoms with Crippen LogP contribution in [0.1, 0.15) is 16.7 Å². The van der Waals surface area contributed by atoms with Crippen LogP contribution in [-0.2, 0) is 20.8 Å². The van der Waals surface area contributed by atoms with E-state index >= 15 is 0 Å². The summed E-state index contributed by atoms with van der Waals surface area (Å²) < 4.78 is 13.9. The van der Waals surface area contributed by atoms with Crippen molar-refractivity contribution < 1.29 is 18.8 Å². The van der Waals surface area contributed by atoms with E-state index in [0.29, 0.717) is 34.8 Å². The van der Waals surface area contributed by atoms with Gasteiger partial charge in [-0.2, -0.15) is 0 Å². The molecule has 3 amide bonds. The van der Waals surface area contributed by atoms with Crippen LogP contribution >= 0.6 is 0 Å². The van der Waals surface area contributed by atoms with Gasteiger partial charge in [0.25, 0.3) is 5.91 Å². The van der Waals surface area contributed by atoms with Gasteiger partial charge in [-0.1, -0.05) is 24.3 Å². The fourth-order valence-electron chi connectivity index (χ4n) is 5.10. The van der Waals surface area contributed by atoms with Crippen LogP contribution in [0.25, 0.3) is 11.3 Å². The Morgan fingerprint density at radius 1 is 0.976 bits per heavy atom. The van der Waals surface area contributed by atoms with Crippen molar-refractivity contribution in [3.63, 3.8) is 0 Å². The van der Waals surface area contributed by atoms with E-state index in [4.69, 9.17) is 0 Å². The molecule has 0 saturated carbocycles. The predicted molar refractivity (Wildman–Crippen MR) is 163 cm³/mol. The third kappa shape index (κ3) is 6.50. The number of anilines is 3. The number of hydrogen-bond acceptors (Lipinski definition) is 6. The van der Waals surface area contributed by atoms with Crippen molar-refractivity contribution in [1.82, 2.24) is 15.1 Å². The maximum Gasteiger partial charge on any atom is 0.258 e. The summed E-state index contributed by atoms with van der Waals surface area (Å²) in [6, 6.07) is 19.0. The van der Waals surface area contributed by atoms with Gasteiger partial charge in [-0.05, 0) is 60.6 Å². The van der Waals surface area contributed by atoms with Crippen LogP contribution in [0.3, 0.4) is 0 Å². The van der Waals surface area contributed by atoms with E-state index in [0.717, 1.165) is 43.0 Å². The lowest BCUT2D eigenvalue weighted by atomic mass is 9.98. The molecule has 42 heavy (non-hydrogen) atoms. The standard InChI is InChI=1S/C32H35FN6O3/c1-34-28(40)18-21-4-6-22(7-5-21)31(30-26-13-8-23(33)19-27(26)36-32(30)42)35-24-9-11-25(12-10-24)38(3)29(41)20-39-16-14-37(2)15-17-39/h4-13,19,35H,14-18,20H2,1-3H3,(H,34,40)(H,36,42)/b31-30-. The van der Waals surface area contributed by atoms with E-state index in [2.05, 4.69) is 32.8 Å². The molecule has 0 atom stereocenters. The number of piperazine rings is 1. The Bertz CT molecular complexity index is 1510. The third-order valence-corrected chi connectivity index (χ3v) is 7.72. The minimum atomic E-state index is -0.440. The highest BCUT2D eigenvalue weighted by Crippen LogP contribution is 2.38. The molecule has 3 N–H and O–H groups in total. The number of hydrogen-bond donors (Lipinski definition) is 3. The van der Waals surface area contributed by atoms with Gasteiger partial charge in [-0.3, -0.25) is 19.3 Å². The van der Waals surface area contributed by atoms with Crippen molar-refractivity contribution in [2.45, 2.75) is 6.42 Å². The third-order valence-electron chi connectivity index (χ3n) is 7.72. The highest BCUT2D eigenvalue weighted by Gasteiger charge is 2.29. The zero-order chi connectivity index (χ0) is 29.8. The van der Waals surface area contributed by atoms with Crippen LogP contribution in [0.2, 0.25) is 0 Å². The number of amides is 3. The van der Waals surface area contributed by atoms with E-state index < -0.39 is 5.82 Å². The number of halogens is 1. The second-order valence-corrected chi connectivity index (χ2v) is 10.6. The molecule has 0 aromatic heterocycles. The number of nitrogens with zero attached hydrogens (tertiary/aromatic N) is 3. The first-order chi connectivity index (χ1) is 20.2. The molecule has 2 aliphatic rings. The summed E-state index contributed by atoms with van der Waals surface area (Å²) in [5, 5.41) is 8.77. The molecule has 0 spiro atoms. The van der Waals surface area contributed by atoms with Crippen LogP contribution < -0.4 is 20.9 Å². The molecule has 218 valence electrons. The number of carbonyl (C=O) groups excluding carboxylic acids is 3. The number of carbonyl (C=O) groups is 3. The van der Waals surface area contributed by atoms with Crippen LogP contribution in [0.15, 0.2) is 66.7 Å². The normalized spacial score (nSPS) is 16.4. The summed E-state index contributed by atoms with van der Waals surface area (Å²) in [5.74, 6) is -0.868. The molecule has 5 rings (SSSR count). The van der Waals surface area contributed by atoms with Gasteiger partial charge in [-0.15, -0.1) is 0 Å². The van der Waals surface area contributed by atoms with Crippen molar-refractivity contribution in [2.24, 2.45) is 0 Å². The SMILES string of the molecule is CNC(=O)Cc1ccc(/C(Nc2ccc(N(C)C(=O)CN3CCN(C)CC3)cc2)=C2/C(=O)Nc3cc(F)ccc32)cc1. The fourth-order valence-corrected chi connectivity index (χ4v) is 5.10. The first-order valence-electron chi connectivity index (χ1n) is 13.9. The molecule has 10 heteroatoms. The van der Waals surface area contributed by atoms with E-state index in [1.807, 2.05) is 48.5 Å². The molecule has 0 radical (unpaired) electrons. The summed E-state index contributed by atoms with van der Waals surface area (Å²) >= 11 is 0. The highest BCUT2D eigenvalue weighted by molar-refractivity contribution is 6.37. The van der Waals surface area contributed by atoms with Crippen molar-refractivity contribution in [2.75, 3.05) is 69.4 Å². The second-order valence-electron chi connectivity index (χ2n) is 10.6. The highest BCUT2D eigenvalue weighted by atomic mass is 19.1. The Labute approximate surface area is 245 Å². The van der Waals surface area contributed by atoms with Crippen molar-refractivity contribution in [1.29, 1.82) is 0 Å². The fraction of sp³-hybridized carbons (Fsp3) is 0.281. The Kier molecular flexibility index (Phi) is 8.65. The second kappa shape index (κ2) is 12.5. The van der Waals surface area contributed by atoms with E-state index in [-0.39, 0.29) is 24.1 Å². The van der Waals surface area contributed by atoms with E-state index in [1.165, 1.54) is 12.1 Å². The smallest absolute Gasteiger partial charge is 0.258 e. The van der Waals surface area contributed by atoms with Crippen LogP contribution in [0, 0.1) is 5.82 Å². The zero-order valence-corrected chi connectivity index (χ0v) is 24.0. The molecular weight excluding hydrogens is 535 g/mol. The molecule has 2 heterocycles. The van der Waals surface area contributed by atoms with Crippen molar-refractivity contribution >= 4 is 46.1 Å². The lowest BCUT2D eigenvalue weighted by Gasteiger charge is -2.32. The number of likely N-dealkylation sites (N-methyl/N-ethyl adjacent to an activating group) is 3. The maximum atomic E-state index is 13.9. The predicted octanol–water partition coefficient (Wildman–Crippen LogP) is 3.26. The molecule has 2 aliphatic heterocycles. The molecule has 1 saturated heterocycles. The minimum absolute atomic E-state index is 0.0198. The Morgan fingerprint density at radius 3 is 2.33 bits per heavy atom. The summed E-state index contributed by atoms with van der Waals surface area (Å²) in [6.07, 6.45) is 0.237. The van der Waals surface area contributed by atoms with Gasteiger partial charge in [0.1, 0.15) is 5.82 Å². The number of nitrogens with one attached hydrogen (secondary N) is 3. The largest absolute Gasteiger partial charge is 0.359 e. The Balaban J connectivity index is 1.40. The van der Waals surface area contributed by atoms with Gasteiger partial charge >= 0.3 is 0 Å². The van der Waals surface area contributed by atoms with Gasteiger partial charge in [-0.25, -0.2) is 4.39 Å². The van der Waals surface area contributed by atoms with Gasteiger partial charge in [0.15, 0.2) is 0 Å². The van der Waals surface area contributed by atoms with E-state index in [9.17, 15) is 18.8 Å². The van der Waals surface area contributed by atoms with Crippen molar-refractivity contribution in [3.8, 4) is 0 Å². The molecule has 3 aromatic carbocycles. The van der Waals surface area contributed by atoms with Crippen molar-refractivity contribution in [3.05, 3.63) is 89.2 Å². The Morgan fingerprint density at radius 2 is 1.67 bits per heavy atom. The molecule has 0 unspecified atom stereocenters. The molecular formula is C32H35FN6O3. The number of fused-ring (bicyclic) bond motifs is 1. The number of rotatable bonds is 8. The quantitative estimate of drug-likeness (QED) is 0.360. The summed E-state index contributed by atoms with van der Waals surface area (Å²) in [6.45, 7) is 4.00. The van der Waals surface area contributed by atoms with Gasteiger partial charge in [0.05, 0.1) is 29.9 Å².